The molecule has 12 heavy (non-hydrogen) atoms. The monoisotopic (exact) mass is 172 g/mol. The summed E-state index contributed by atoms with van der Waals surface area (Å²) in [6.07, 6.45) is 2.64. The second-order valence-corrected chi connectivity index (χ2v) is 3.25. The Bertz CT molecular complexity index is 150. The minimum atomic E-state index is -0.738. The van der Waals surface area contributed by atoms with Gasteiger partial charge >= 0.3 is 0 Å². The van der Waals surface area contributed by atoms with Crippen molar-refractivity contribution < 1.29 is 14.6 Å². The number of hydrogen-bond acceptors (Lipinski definition) is 3. The van der Waals surface area contributed by atoms with Gasteiger partial charge in [-0.3, -0.25) is 0 Å². The molecule has 1 N–H and O–H groups in total. The number of aliphatic hydroxyl groups is 1. The third kappa shape index (κ3) is 1.68. The first-order valence-corrected chi connectivity index (χ1v) is 4.15. The van der Waals surface area contributed by atoms with Crippen LogP contribution < -0.4 is 0 Å². The first-order valence-electron chi connectivity index (χ1n) is 4.15. The van der Waals surface area contributed by atoms with E-state index in [0.717, 1.165) is 12.8 Å². The maximum atomic E-state index is 9.59. The number of allylic oxidation sites excluding steroid dienone is 1. The first kappa shape index (κ1) is 9.71. The smallest absolute Gasteiger partial charge is 0.162 e. The van der Waals surface area contributed by atoms with Crippen LogP contribution in [0.3, 0.4) is 0 Å². The van der Waals surface area contributed by atoms with Crippen molar-refractivity contribution in [2.75, 3.05) is 20.3 Å². The molecular weight excluding hydrogens is 156 g/mol. The number of rotatable bonds is 4. The van der Waals surface area contributed by atoms with Gasteiger partial charge in [-0.1, -0.05) is 6.08 Å². The molecule has 0 bridgehead atoms. The van der Waals surface area contributed by atoms with Crippen molar-refractivity contribution in [2.45, 2.75) is 19.1 Å². The molecule has 0 saturated carbocycles. The zero-order valence-electron chi connectivity index (χ0n) is 7.45. The summed E-state index contributed by atoms with van der Waals surface area (Å²) in [7, 11) is 1.51. The van der Waals surface area contributed by atoms with Crippen LogP contribution in [0.5, 0.6) is 0 Å². The summed E-state index contributed by atoms with van der Waals surface area (Å²) in [5, 5.41) is 9.59. The van der Waals surface area contributed by atoms with E-state index in [-0.39, 0.29) is 5.41 Å². The van der Waals surface area contributed by atoms with Gasteiger partial charge in [-0.2, -0.15) is 0 Å². The average Bonchev–Trinajstić information content (AvgIpc) is 2.53. The van der Waals surface area contributed by atoms with Gasteiger partial charge in [0.15, 0.2) is 6.29 Å². The van der Waals surface area contributed by atoms with E-state index in [1.807, 2.05) is 0 Å². The fourth-order valence-corrected chi connectivity index (χ4v) is 1.62. The van der Waals surface area contributed by atoms with E-state index in [1.54, 1.807) is 6.08 Å². The number of aliphatic hydroxyl groups excluding tert-OH is 1. The summed E-state index contributed by atoms with van der Waals surface area (Å²) in [4.78, 5) is 0. The van der Waals surface area contributed by atoms with Crippen molar-refractivity contribution in [1.29, 1.82) is 0 Å². The van der Waals surface area contributed by atoms with Gasteiger partial charge in [0.2, 0.25) is 0 Å². The van der Waals surface area contributed by atoms with Crippen molar-refractivity contribution in [3.8, 4) is 0 Å². The van der Waals surface area contributed by atoms with Crippen LogP contribution in [-0.4, -0.2) is 31.7 Å². The Hall–Kier alpha value is -0.380. The normalized spacial score (nSPS) is 31.8. The Balaban J connectivity index is 2.63. The van der Waals surface area contributed by atoms with Crippen LogP contribution in [0.2, 0.25) is 0 Å². The SMILES string of the molecule is C=CCC1(C(O)OC)CCOC1. The Morgan fingerprint density at radius 2 is 2.58 bits per heavy atom. The fourth-order valence-electron chi connectivity index (χ4n) is 1.62. The molecule has 1 rings (SSSR count). The maximum absolute atomic E-state index is 9.59. The van der Waals surface area contributed by atoms with Crippen molar-refractivity contribution in [3.63, 3.8) is 0 Å². The number of methoxy groups -OCH3 is 1. The first-order chi connectivity index (χ1) is 5.75. The third-order valence-electron chi connectivity index (χ3n) is 2.43. The summed E-state index contributed by atoms with van der Waals surface area (Å²) in [5.74, 6) is 0. The van der Waals surface area contributed by atoms with Gasteiger partial charge < -0.3 is 14.6 Å². The lowest BCUT2D eigenvalue weighted by Gasteiger charge is -2.30. The van der Waals surface area contributed by atoms with Gasteiger partial charge in [0.05, 0.1) is 12.0 Å². The highest BCUT2D eigenvalue weighted by atomic mass is 16.6. The fraction of sp³-hybridized carbons (Fsp3) is 0.778. The molecule has 0 aromatic rings. The lowest BCUT2D eigenvalue weighted by molar-refractivity contribution is -0.157. The molecule has 0 spiro atoms. The van der Waals surface area contributed by atoms with E-state index < -0.39 is 6.29 Å². The highest BCUT2D eigenvalue weighted by molar-refractivity contribution is 4.91. The quantitative estimate of drug-likeness (QED) is 0.506. The van der Waals surface area contributed by atoms with Crippen molar-refractivity contribution >= 4 is 0 Å². The molecule has 1 aliphatic rings. The second kappa shape index (κ2) is 4.03. The molecule has 0 radical (unpaired) electrons. The Morgan fingerprint density at radius 3 is 3.00 bits per heavy atom. The summed E-state index contributed by atoms with van der Waals surface area (Å²) < 4.78 is 10.2. The third-order valence-corrected chi connectivity index (χ3v) is 2.43. The van der Waals surface area contributed by atoms with E-state index in [1.165, 1.54) is 7.11 Å². The minimum Gasteiger partial charge on any atom is -0.381 e. The van der Waals surface area contributed by atoms with Gasteiger partial charge in [-0.05, 0) is 12.8 Å². The van der Waals surface area contributed by atoms with Crippen LogP contribution in [0.4, 0.5) is 0 Å². The molecule has 2 atom stereocenters. The molecule has 3 heteroatoms. The zero-order valence-corrected chi connectivity index (χ0v) is 7.45. The van der Waals surface area contributed by atoms with Gasteiger partial charge in [0.25, 0.3) is 0 Å². The summed E-state index contributed by atoms with van der Waals surface area (Å²) in [6.45, 7) is 4.93. The highest BCUT2D eigenvalue weighted by Crippen LogP contribution is 2.36. The predicted octanol–water partition coefficient (Wildman–Crippen LogP) is 0.934. The predicted molar refractivity (Wildman–Crippen MR) is 45.7 cm³/mol. The topological polar surface area (TPSA) is 38.7 Å². The average molecular weight is 172 g/mol. The van der Waals surface area contributed by atoms with Crippen LogP contribution in [0.15, 0.2) is 12.7 Å². The largest absolute Gasteiger partial charge is 0.381 e. The summed E-state index contributed by atoms with van der Waals surface area (Å²) in [6, 6.07) is 0. The lowest BCUT2D eigenvalue weighted by Crippen LogP contribution is -2.36. The molecule has 0 aliphatic carbocycles. The molecule has 1 saturated heterocycles. The van der Waals surface area contributed by atoms with E-state index in [9.17, 15) is 5.11 Å². The van der Waals surface area contributed by atoms with Gasteiger partial charge in [-0.25, -0.2) is 0 Å². The van der Waals surface area contributed by atoms with Crippen LogP contribution >= 0.6 is 0 Å². The van der Waals surface area contributed by atoms with E-state index in [0.29, 0.717) is 13.2 Å². The van der Waals surface area contributed by atoms with Crippen molar-refractivity contribution in [3.05, 3.63) is 12.7 Å². The number of hydrogen-bond donors (Lipinski definition) is 1. The van der Waals surface area contributed by atoms with E-state index >= 15 is 0 Å². The molecule has 2 unspecified atom stereocenters. The van der Waals surface area contributed by atoms with Crippen LogP contribution in [-0.2, 0) is 9.47 Å². The van der Waals surface area contributed by atoms with E-state index in [2.05, 4.69) is 6.58 Å². The molecule has 1 aliphatic heterocycles. The maximum Gasteiger partial charge on any atom is 0.162 e. The molecule has 0 aromatic heterocycles. The zero-order chi connectivity index (χ0) is 9.03. The summed E-state index contributed by atoms with van der Waals surface area (Å²) in [5.41, 5.74) is -0.253. The van der Waals surface area contributed by atoms with E-state index in [4.69, 9.17) is 9.47 Å². The van der Waals surface area contributed by atoms with Gasteiger partial charge in [-0.15, -0.1) is 6.58 Å². The Kier molecular flexibility index (Phi) is 3.26. The summed E-state index contributed by atoms with van der Waals surface area (Å²) >= 11 is 0. The molecule has 70 valence electrons. The van der Waals surface area contributed by atoms with Crippen LogP contribution in [0.25, 0.3) is 0 Å². The van der Waals surface area contributed by atoms with Crippen molar-refractivity contribution in [2.24, 2.45) is 5.41 Å². The lowest BCUT2D eigenvalue weighted by atomic mass is 9.83. The molecule has 1 heterocycles. The van der Waals surface area contributed by atoms with Gasteiger partial charge in [0, 0.05) is 13.7 Å². The molecule has 3 nitrogen and oxygen atoms in total. The minimum absolute atomic E-state index is 0.253. The Morgan fingerprint density at radius 1 is 1.83 bits per heavy atom. The van der Waals surface area contributed by atoms with Crippen LogP contribution in [0.1, 0.15) is 12.8 Å². The molecular formula is C9H16O3. The van der Waals surface area contributed by atoms with Crippen LogP contribution in [0, 0.1) is 5.41 Å². The standard InChI is InChI=1S/C9H16O3/c1-3-4-9(8(10)11-2)5-6-12-7-9/h3,8,10H,1,4-7H2,2H3. The number of ether oxygens (including phenoxy) is 2. The molecule has 0 amide bonds. The molecule has 1 fully saturated rings. The second-order valence-electron chi connectivity index (χ2n) is 3.25. The van der Waals surface area contributed by atoms with Gasteiger partial charge in [0.1, 0.15) is 0 Å². The van der Waals surface area contributed by atoms with Crippen molar-refractivity contribution in [1.82, 2.24) is 0 Å². The highest BCUT2D eigenvalue weighted by Gasteiger charge is 2.40. The molecule has 0 aromatic carbocycles. The Labute approximate surface area is 73.0 Å².